The Hall–Kier alpha value is -1.06. The number of hydrogen-bond donors (Lipinski definition) is 1. The van der Waals surface area contributed by atoms with Crippen LogP contribution in [0.25, 0.3) is 0 Å². The molecule has 2 atom stereocenters. The van der Waals surface area contributed by atoms with Crippen LogP contribution in [-0.2, 0) is 14.3 Å². The zero-order valence-corrected chi connectivity index (χ0v) is 7.38. The third-order valence-corrected chi connectivity index (χ3v) is 2.91. The van der Waals surface area contributed by atoms with E-state index in [1.54, 1.807) is 13.8 Å². The van der Waals surface area contributed by atoms with E-state index in [4.69, 9.17) is 5.11 Å². The van der Waals surface area contributed by atoms with E-state index in [0.29, 0.717) is 6.42 Å². The lowest BCUT2D eigenvalue weighted by Gasteiger charge is -2.11. The van der Waals surface area contributed by atoms with Crippen LogP contribution in [0.15, 0.2) is 0 Å². The van der Waals surface area contributed by atoms with Crippen LogP contribution in [0.3, 0.4) is 0 Å². The van der Waals surface area contributed by atoms with Crippen molar-refractivity contribution in [2.75, 3.05) is 7.11 Å². The molecule has 0 radical (unpaired) electrons. The Balaban J connectivity index is 2.83. The molecule has 1 N–H and O–H groups in total. The molecule has 2 unspecified atom stereocenters. The molecule has 0 amide bonds. The smallest absolute Gasteiger partial charge is 0.312 e. The average Bonchev–Trinajstić information content (AvgIpc) is 2.56. The number of carboxylic acids is 1. The highest BCUT2D eigenvalue weighted by molar-refractivity contribution is 5.93. The van der Waals surface area contributed by atoms with E-state index in [1.165, 1.54) is 7.11 Å². The summed E-state index contributed by atoms with van der Waals surface area (Å²) in [6.45, 7) is 3.18. The summed E-state index contributed by atoms with van der Waals surface area (Å²) in [6.07, 6.45) is 0.363. The van der Waals surface area contributed by atoms with Gasteiger partial charge in [-0.15, -0.1) is 0 Å². The van der Waals surface area contributed by atoms with Crippen LogP contribution >= 0.6 is 0 Å². The molecule has 1 aliphatic carbocycles. The molecule has 0 bridgehead atoms. The summed E-state index contributed by atoms with van der Waals surface area (Å²) in [5.74, 6) is -1.37. The van der Waals surface area contributed by atoms with Gasteiger partial charge in [0.25, 0.3) is 0 Å². The summed E-state index contributed by atoms with van der Waals surface area (Å²) >= 11 is 0. The number of aliphatic carboxylic acids is 1. The fraction of sp³-hybridized carbons (Fsp3) is 0.750. The first-order valence-electron chi connectivity index (χ1n) is 3.70. The molecule has 1 fully saturated rings. The minimum absolute atomic E-state index is 0.363. The summed E-state index contributed by atoms with van der Waals surface area (Å²) in [6, 6.07) is 0. The lowest BCUT2D eigenvalue weighted by molar-refractivity contribution is -0.154. The third-order valence-electron chi connectivity index (χ3n) is 2.91. The van der Waals surface area contributed by atoms with Gasteiger partial charge in [0.1, 0.15) is 0 Å². The van der Waals surface area contributed by atoms with Crippen LogP contribution in [0.2, 0.25) is 0 Å². The van der Waals surface area contributed by atoms with Crippen LogP contribution in [0.5, 0.6) is 0 Å². The number of hydrogen-bond acceptors (Lipinski definition) is 3. The Morgan fingerprint density at radius 3 is 2.08 bits per heavy atom. The highest BCUT2D eigenvalue weighted by atomic mass is 16.5. The molecule has 0 aromatic carbocycles. The van der Waals surface area contributed by atoms with E-state index in [1.807, 2.05) is 0 Å². The standard InChI is InChI=1S/C8H12O4/c1-7(5(9)10)4-8(7,2)6(11)12-3/h4H2,1-3H3,(H,9,10). The zero-order valence-electron chi connectivity index (χ0n) is 7.38. The van der Waals surface area contributed by atoms with Gasteiger partial charge in [-0.25, -0.2) is 0 Å². The van der Waals surface area contributed by atoms with E-state index in [0.717, 1.165) is 0 Å². The highest BCUT2D eigenvalue weighted by Crippen LogP contribution is 2.64. The van der Waals surface area contributed by atoms with Crippen molar-refractivity contribution in [3.05, 3.63) is 0 Å². The average molecular weight is 172 g/mol. The van der Waals surface area contributed by atoms with Gasteiger partial charge < -0.3 is 9.84 Å². The van der Waals surface area contributed by atoms with E-state index in [2.05, 4.69) is 4.74 Å². The zero-order chi connectivity index (χ0) is 9.57. The van der Waals surface area contributed by atoms with Crippen LogP contribution in [0, 0.1) is 10.8 Å². The Morgan fingerprint density at radius 1 is 1.33 bits per heavy atom. The Morgan fingerprint density at radius 2 is 1.83 bits per heavy atom. The molecule has 1 aliphatic rings. The first kappa shape index (κ1) is 9.03. The normalized spacial score (nSPS) is 38.9. The van der Waals surface area contributed by atoms with Gasteiger partial charge >= 0.3 is 11.9 Å². The number of carbonyl (C=O) groups excluding carboxylic acids is 1. The van der Waals surface area contributed by atoms with Crippen molar-refractivity contribution < 1.29 is 19.4 Å². The Labute approximate surface area is 70.5 Å². The fourth-order valence-electron chi connectivity index (χ4n) is 1.50. The number of ether oxygens (including phenoxy) is 1. The second-order valence-corrected chi connectivity index (χ2v) is 3.64. The molecule has 4 nitrogen and oxygen atoms in total. The second-order valence-electron chi connectivity index (χ2n) is 3.64. The maximum atomic E-state index is 11.1. The van der Waals surface area contributed by atoms with Gasteiger partial charge in [-0.1, -0.05) is 0 Å². The second kappa shape index (κ2) is 2.21. The van der Waals surface area contributed by atoms with E-state index in [-0.39, 0.29) is 0 Å². The Kier molecular flexibility index (Phi) is 1.67. The molecular weight excluding hydrogens is 160 g/mol. The van der Waals surface area contributed by atoms with Crippen LogP contribution in [0.4, 0.5) is 0 Å². The first-order valence-corrected chi connectivity index (χ1v) is 3.70. The lowest BCUT2D eigenvalue weighted by atomic mass is 9.97. The fourth-order valence-corrected chi connectivity index (χ4v) is 1.50. The van der Waals surface area contributed by atoms with Crippen LogP contribution in [-0.4, -0.2) is 24.2 Å². The topological polar surface area (TPSA) is 63.6 Å². The summed E-state index contributed by atoms with van der Waals surface area (Å²) in [4.78, 5) is 21.8. The molecule has 68 valence electrons. The monoisotopic (exact) mass is 172 g/mol. The van der Waals surface area contributed by atoms with E-state index >= 15 is 0 Å². The van der Waals surface area contributed by atoms with Crippen molar-refractivity contribution in [3.63, 3.8) is 0 Å². The molecule has 1 saturated carbocycles. The predicted octanol–water partition coefficient (Wildman–Crippen LogP) is 0.660. The largest absolute Gasteiger partial charge is 0.481 e. The van der Waals surface area contributed by atoms with Crippen molar-refractivity contribution in [1.29, 1.82) is 0 Å². The van der Waals surface area contributed by atoms with Crippen molar-refractivity contribution in [3.8, 4) is 0 Å². The summed E-state index contributed by atoms with van der Waals surface area (Å²) in [5, 5.41) is 8.78. The van der Waals surface area contributed by atoms with Crippen molar-refractivity contribution in [1.82, 2.24) is 0 Å². The van der Waals surface area contributed by atoms with E-state index < -0.39 is 22.8 Å². The van der Waals surface area contributed by atoms with Gasteiger partial charge in [0, 0.05) is 0 Å². The summed E-state index contributed by atoms with van der Waals surface area (Å²) in [5.41, 5.74) is -1.76. The molecular formula is C8H12O4. The summed E-state index contributed by atoms with van der Waals surface area (Å²) in [7, 11) is 1.27. The van der Waals surface area contributed by atoms with Gasteiger partial charge in [0.15, 0.2) is 0 Å². The Bertz CT molecular complexity index is 247. The molecule has 4 heteroatoms. The minimum Gasteiger partial charge on any atom is -0.481 e. The maximum absolute atomic E-state index is 11.1. The minimum atomic E-state index is -0.935. The maximum Gasteiger partial charge on any atom is 0.312 e. The van der Waals surface area contributed by atoms with E-state index in [9.17, 15) is 9.59 Å². The number of rotatable bonds is 2. The van der Waals surface area contributed by atoms with Gasteiger partial charge in [0.05, 0.1) is 17.9 Å². The van der Waals surface area contributed by atoms with Gasteiger partial charge in [-0.2, -0.15) is 0 Å². The third kappa shape index (κ3) is 0.838. The van der Waals surface area contributed by atoms with Gasteiger partial charge in [-0.3, -0.25) is 9.59 Å². The highest BCUT2D eigenvalue weighted by Gasteiger charge is 2.71. The first-order chi connectivity index (χ1) is 5.38. The molecule has 0 aromatic rings. The lowest BCUT2D eigenvalue weighted by Crippen LogP contribution is -2.26. The molecule has 0 spiro atoms. The van der Waals surface area contributed by atoms with Crippen LogP contribution < -0.4 is 0 Å². The van der Waals surface area contributed by atoms with Crippen molar-refractivity contribution in [2.24, 2.45) is 10.8 Å². The molecule has 0 saturated heterocycles. The number of methoxy groups -OCH3 is 1. The molecule has 0 heterocycles. The van der Waals surface area contributed by atoms with Crippen molar-refractivity contribution >= 4 is 11.9 Å². The van der Waals surface area contributed by atoms with Crippen molar-refractivity contribution in [2.45, 2.75) is 20.3 Å². The van der Waals surface area contributed by atoms with Gasteiger partial charge in [-0.05, 0) is 20.3 Å². The number of carbonyl (C=O) groups is 2. The van der Waals surface area contributed by atoms with Crippen LogP contribution in [0.1, 0.15) is 20.3 Å². The molecule has 1 rings (SSSR count). The molecule has 12 heavy (non-hydrogen) atoms. The number of carboxylic acid groups (broad SMARTS) is 1. The molecule has 0 aliphatic heterocycles. The molecule has 0 aromatic heterocycles. The van der Waals surface area contributed by atoms with Gasteiger partial charge in [0.2, 0.25) is 0 Å². The predicted molar refractivity (Wildman–Crippen MR) is 40.5 cm³/mol. The quantitative estimate of drug-likeness (QED) is 0.621. The number of esters is 1. The summed E-state index contributed by atoms with van der Waals surface area (Å²) < 4.78 is 4.52. The SMILES string of the molecule is COC(=O)C1(C)CC1(C)C(=O)O.